The number of aromatic amines is 1. The highest BCUT2D eigenvalue weighted by atomic mass is 35.5. The number of H-pyrrole nitrogens is 1. The van der Waals surface area contributed by atoms with Gasteiger partial charge in [0, 0.05) is 34.4 Å². The lowest BCUT2D eigenvalue weighted by molar-refractivity contribution is -0.118. The molecule has 1 aliphatic heterocycles. The Hall–Kier alpha value is -3.23. The van der Waals surface area contributed by atoms with Crippen LogP contribution in [0, 0.1) is 5.41 Å². The van der Waals surface area contributed by atoms with Crippen LogP contribution in [-0.2, 0) is 10.5 Å². The molecule has 0 bridgehead atoms. The normalized spacial score (nSPS) is 18.1. The molecular weight excluding hydrogens is 510 g/mol. The first kappa shape index (κ1) is 25.4. The van der Waals surface area contributed by atoms with E-state index in [1.165, 1.54) is 11.8 Å². The summed E-state index contributed by atoms with van der Waals surface area (Å²) < 4.78 is 10.9. The molecule has 1 aliphatic carbocycles. The molecule has 7 nitrogen and oxygen atoms in total. The molecule has 1 aromatic heterocycles. The van der Waals surface area contributed by atoms with Gasteiger partial charge in [-0.25, -0.2) is 4.98 Å². The summed E-state index contributed by atoms with van der Waals surface area (Å²) in [6, 6.07) is 13.1. The van der Waals surface area contributed by atoms with Crippen LogP contribution in [0.5, 0.6) is 11.5 Å². The number of fused-ring (bicyclic) bond motifs is 1. The van der Waals surface area contributed by atoms with Gasteiger partial charge < -0.3 is 19.8 Å². The predicted octanol–water partition coefficient (Wildman–Crippen LogP) is 5.93. The van der Waals surface area contributed by atoms with Gasteiger partial charge in [-0.05, 0) is 41.2 Å². The zero-order valence-corrected chi connectivity index (χ0v) is 22.7. The molecule has 2 N–H and O–H groups in total. The van der Waals surface area contributed by atoms with Crippen LogP contribution < -0.4 is 20.3 Å². The summed E-state index contributed by atoms with van der Waals surface area (Å²) in [7, 11) is 3.13. The molecule has 2 aliphatic rings. The van der Waals surface area contributed by atoms with Crippen molar-refractivity contribution < 1.29 is 14.3 Å². The van der Waals surface area contributed by atoms with Gasteiger partial charge in [0.15, 0.2) is 22.4 Å². The fourth-order valence-electron chi connectivity index (χ4n) is 5.09. The van der Waals surface area contributed by atoms with Gasteiger partial charge in [0.05, 0.1) is 19.8 Å². The van der Waals surface area contributed by atoms with E-state index < -0.39 is 5.92 Å². The molecule has 37 heavy (non-hydrogen) atoms. The summed E-state index contributed by atoms with van der Waals surface area (Å²) in [5.74, 6) is 1.58. The molecule has 192 valence electrons. The van der Waals surface area contributed by atoms with Crippen LogP contribution in [0.4, 0.5) is 5.82 Å². The van der Waals surface area contributed by atoms with E-state index in [-0.39, 0.29) is 16.8 Å². The number of thioether (sulfide) groups is 1. The Morgan fingerprint density at radius 3 is 2.57 bits per heavy atom. The number of nitrogens with zero attached hydrogens (tertiary/aromatic N) is 1. The van der Waals surface area contributed by atoms with Crippen molar-refractivity contribution in [2.24, 2.45) is 5.41 Å². The number of hydrogen-bond donors (Lipinski definition) is 2. The smallest absolute Gasteiger partial charge is 0.257 e. The largest absolute Gasteiger partial charge is 0.493 e. The van der Waals surface area contributed by atoms with Crippen molar-refractivity contribution in [1.29, 1.82) is 0 Å². The number of methoxy groups -OCH3 is 2. The van der Waals surface area contributed by atoms with Crippen LogP contribution in [0.2, 0.25) is 5.02 Å². The number of allylic oxidation sites excluding steroid dienone is 2. The Bertz CT molecular complexity index is 1480. The summed E-state index contributed by atoms with van der Waals surface area (Å²) in [5.41, 5.74) is 3.08. The topological polar surface area (TPSA) is 93.3 Å². The lowest BCUT2D eigenvalue weighted by atomic mass is 9.69. The molecule has 5 rings (SSSR count). The quantitative estimate of drug-likeness (QED) is 0.297. The number of aromatic nitrogens is 2. The van der Waals surface area contributed by atoms with E-state index in [4.69, 9.17) is 26.1 Å². The second-order valence-electron chi connectivity index (χ2n) is 10.0. The van der Waals surface area contributed by atoms with Crippen LogP contribution in [0.25, 0.3) is 0 Å². The standard InChI is InChI=1S/C28H28ClN3O4S/c1-28(2)12-18-23(19(33)13-28)22(15-9-10-20(35-3)21(11-15)36-4)24-25(30-18)31-27(32-26(24)34)37-14-16-7-5-6-8-17(16)29/h5-11,22H,12-14H2,1-4H3,(H2,30,31,32,34)/t22-/m1/s1. The fourth-order valence-corrected chi connectivity index (χ4v) is 6.24. The molecular formula is C28H28ClN3O4S. The Balaban J connectivity index is 1.61. The highest BCUT2D eigenvalue weighted by Crippen LogP contribution is 2.48. The molecule has 0 saturated carbocycles. The van der Waals surface area contributed by atoms with Crippen molar-refractivity contribution in [1.82, 2.24) is 9.97 Å². The van der Waals surface area contributed by atoms with Gasteiger partial charge in [-0.15, -0.1) is 0 Å². The number of hydrogen-bond acceptors (Lipinski definition) is 7. The molecule has 0 amide bonds. The molecule has 1 atom stereocenters. The summed E-state index contributed by atoms with van der Waals surface area (Å²) in [6.07, 6.45) is 1.08. The van der Waals surface area contributed by atoms with E-state index in [9.17, 15) is 9.59 Å². The minimum Gasteiger partial charge on any atom is -0.493 e. The molecule has 0 saturated heterocycles. The van der Waals surface area contributed by atoms with Crippen molar-refractivity contribution in [2.45, 2.75) is 43.5 Å². The third kappa shape index (κ3) is 4.88. The first-order valence-corrected chi connectivity index (χ1v) is 13.3. The third-order valence-corrected chi connectivity index (χ3v) is 8.05. The number of halogens is 1. The molecule has 9 heteroatoms. The highest BCUT2D eigenvalue weighted by molar-refractivity contribution is 7.98. The van der Waals surface area contributed by atoms with E-state index in [0.717, 1.165) is 16.8 Å². The van der Waals surface area contributed by atoms with E-state index >= 15 is 0 Å². The van der Waals surface area contributed by atoms with Gasteiger partial charge in [0.1, 0.15) is 5.82 Å². The summed E-state index contributed by atoms with van der Waals surface area (Å²) in [6.45, 7) is 4.15. The number of benzene rings is 2. The van der Waals surface area contributed by atoms with Crippen molar-refractivity contribution in [3.8, 4) is 11.5 Å². The van der Waals surface area contributed by atoms with Crippen LogP contribution in [0.1, 0.15) is 49.3 Å². The molecule has 3 aromatic rings. The predicted molar refractivity (Wildman–Crippen MR) is 146 cm³/mol. The van der Waals surface area contributed by atoms with Crippen molar-refractivity contribution >= 4 is 35.0 Å². The number of carbonyl (C=O) groups excluding carboxylic acids is 1. The van der Waals surface area contributed by atoms with Crippen molar-refractivity contribution in [2.75, 3.05) is 19.5 Å². The van der Waals surface area contributed by atoms with Gasteiger partial charge >= 0.3 is 0 Å². The minimum absolute atomic E-state index is 0.0285. The number of anilines is 1. The Morgan fingerprint density at radius 2 is 1.84 bits per heavy atom. The van der Waals surface area contributed by atoms with Crippen molar-refractivity contribution in [3.05, 3.63) is 85.8 Å². The number of Topliss-reactive ketones (excluding diaryl/α,β-unsaturated/α-hetero) is 1. The Kier molecular flexibility index (Phi) is 6.81. The molecule has 0 unspecified atom stereocenters. The zero-order chi connectivity index (χ0) is 26.3. The second-order valence-corrected chi connectivity index (χ2v) is 11.4. The van der Waals surface area contributed by atoms with Gasteiger partial charge in [0.25, 0.3) is 5.56 Å². The van der Waals surface area contributed by atoms with E-state index in [1.54, 1.807) is 20.3 Å². The number of nitrogens with one attached hydrogen (secondary N) is 2. The van der Waals surface area contributed by atoms with Crippen molar-refractivity contribution in [3.63, 3.8) is 0 Å². The van der Waals surface area contributed by atoms with Gasteiger partial charge in [-0.2, -0.15) is 0 Å². The third-order valence-electron chi connectivity index (χ3n) is 6.76. The zero-order valence-electron chi connectivity index (χ0n) is 21.1. The summed E-state index contributed by atoms with van der Waals surface area (Å²) in [4.78, 5) is 34.8. The highest BCUT2D eigenvalue weighted by Gasteiger charge is 2.42. The first-order chi connectivity index (χ1) is 17.7. The molecule has 2 heterocycles. The number of ether oxygens (including phenoxy) is 2. The average molecular weight is 538 g/mol. The summed E-state index contributed by atoms with van der Waals surface area (Å²) >= 11 is 7.71. The lowest BCUT2D eigenvalue weighted by Crippen LogP contribution is -2.37. The fraction of sp³-hybridized carbons (Fsp3) is 0.321. The van der Waals surface area contributed by atoms with E-state index in [0.29, 0.717) is 57.2 Å². The number of ketones is 1. The van der Waals surface area contributed by atoms with Crippen LogP contribution >= 0.6 is 23.4 Å². The van der Waals surface area contributed by atoms with Gasteiger partial charge in [-0.3, -0.25) is 9.59 Å². The lowest BCUT2D eigenvalue weighted by Gasteiger charge is -2.38. The molecule has 0 fully saturated rings. The maximum absolute atomic E-state index is 13.6. The first-order valence-electron chi connectivity index (χ1n) is 12.0. The van der Waals surface area contributed by atoms with E-state index in [2.05, 4.69) is 24.1 Å². The van der Waals surface area contributed by atoms with Crippen LogP contribution in [0.15, 0.2) is 63.7 Å². The Morgan fingerprint density at radius 1 is 1.08 bits per heavy atom. The van der Waals surface area contributed by atoms with E-state index in [1.807, 2.05) is 36.4 Å². The number of rotatable bonds is 6. The second kappa shape index (κ2) is 9.91. The van der Waals surface area contributed by atoms with Crippen LogP contribution in [0.3, 0.4) is 0 Å². The maximum Gasteiger partial charge on any atom is 0.257 e. The summed E-state index contributed by atoms with van der Waals surface area (Å²) in [5, 5.41) is 4.50. The molecule has 0 radical (unpaired) electrons. The number of carbonyl (C=O) groups is 1. The van der Waals surface area contributed by atoms with Gasteiger partial charge in [-0.1, -0.05) is 61.5 Å². The Labute approximate surface area is 224 Å². The SMILES string of the molecule is COc1ccc([C@@H]2C3=C(CC(C)(C)CC3=O)Nc3nc(SCc4ccccc4Cl)[nH]c(=O)c32)cc1OC. The van der Waals surface area contributed by atoms with Crippen LogP contribution in [-0.4, -0.2) is 30.0 Å². The maximum atomic E-state index is 13.6. The molecule has 2 aromatic carbocycles. The average Bonchev–Trinajstić information content (AvgIpc) is 2.85. The minimum atomic E-state index is -0.575. The monoisotopic (exact) mass is 537 g/mol. The molecule has 0 spiro atoms. The van der Waals surface area contributed by atoms with Gasteiger partial charge in [0.2, 0.25) is 0 Å².